The van der Waals surface area contributed by atoms with Gasteiger partial charge in [-0.3, -0.25) is 4.79 Å². The second kappa shape index (κ2) is 9.97. The molecule has 248 valence electrons. The van der Waals surface area contributed by atoms with E-state index < -0.39 is 106 Å². The molecule has 1 saturated heterocycles. The summed E-state index contributed by atoms with van der Waals surface area (Å²) >= 11 is 0. The van der Waals surface area contributed by atoms with Gasteiger partial charge in [-0.15, -0.1) is 0 Å². The normalized spacial score (nSPS) is 38.5. The van der Waals surface area contributed by atoms with Crippen LogP contribution in [0.3, 0.4) is 0 Å². The molecule has 3 aliphatic carbocycles. The molecule has 1 saturated carbocycles. The van der Waals surface area contributed by atoms with Crippen molar-refractivity contribution in [3.63, 3.8) is 0 Å². The van der Waals surface area contributed by atoms with Crippen molar-refractivity contribution in [2.75, 3.05) is 19.8 Å². The first kappa shape index (κ1) is 30.6. The fourth-order valence-electron chi connectivity index (χ4n) is 7.41. The molecule has 46 heavy (non-hydrogen) atoms. The third-order valence-electron chi connectivity index (χ3n) is 10.00. The third kappa shape index (κ3) is 4.07. The number of fused-ring (bicyclic) bond motifs is 2. The molecule has 0 amide bonds. The van der Waals surface area contributed by atoms with Gasteiger partial charge in [-0.05, 0) is 31.1 Å². The minimum absolute atomic E-state index is 0.0108. The Kier molecular flexibility index (Phi) is 6.63. The van der Waals surface area contributed by atoms with E-state index in [1.54, 1.807) is 0 Å². The van der Waals surface area contributed by atoms with Gasteiger partial charge in [0.25, 0.3) is 5.95 Å². The zero-order chi connectivity index (χ0) is 33.0. The molecule has 2 aromatic rings. The lowest BCUT2D eigenvalue weighted by molar-refractivity contribution is -0.390. The first-order valence-electron chi connectivity index (χ1n) is 14.5. The van der Waals surface area contributed by atoms with Crippen molar-refractivity contribution in [2.24, 2.45) is 11.3 Å². The van der Waals surface area contributed by atoms with Gasteiger partial charge in [-0.2, -0.15) is 0 Å². The van der Waals surface area contributed by atoms with E-state index in [2.05, 4.69) is 0 Å². The van der Waals surface area contributed by atoms with Crippen LogP contribution in [0.25, 0.3) is 0 Å². The molecule has 2 aliphatic heterocycles. The second-order valence-corrected chi connectivity index (χ2v) is 12.8. The lowest BCUT2D eigenvalue weighted by Crippen LogP contribution is -2.67. The molecule has 9 atom stereocenters. The summed E-state index contributed by atoms with van der Waals surface area (Å²) in [7, 11) is 0. The third-order valence-corrected chi connectivity index (χ3v) is 10.00. The number of aliphatic hydroxyl groups is 5. The van der Waals surface area contributed by atoms with Crippen LogP contribution in [0.4, 0.5) is 0 Å². The van der Waals surface area contributed by atoms with Gasteiger partial charge in [-0.1, -0.05) is 6.92 Å². The number of esters is 2. The van der Waals surface area contributed by atoms with Gasteiger partial charge in [0, 0.05) is 12.0 Å². The predicted molar refractivity (Wildman–Crippen MR) is 145 cm³/mol. The number of phenols is 3. The fraction of sp³-hybridized carbons (Fsp3) is 0.533. The minimum Gasteiger partial charge on any atom is -0.510 e. The number of furan rings is 1. The molecule has 1 aromatic carbocycles. The van der Waals surface area contributed by atoms with E-state index in [1.807, 2.05) is 0 Å². The van der Waals surface area contributed by atoms with Crippen molar-refractivity contribution in [3.8, 4) is 23.2 Å². The van der Waals surface area contributed by atoms with Crippen molar-refractivity contribution >= 4 is 11.9 Å². The number of aliphatic hydroxyl groups excluding tert-OH is 5. The van der Waals surface area contributed by atoms with Crippen LogP contribution in [-0.2, 0) is 35.8 Å². The molecule has 2 bridgehead atoms. The maximum atomic E-state index is 13.1. The summed E-state index contributed by atoms with van der Waals surface area (Å²) in [6.45, 7) is 0.178. The smallest absolute Gasteiger partial charge is 0.342 e. The highest BCUT2D eigenvalue weighted by molar-refractivity contribution is 5.94. The molecule has 7 rings (SSSR count). The molecule has 16 heteroatoms. The standard InChI is InChI=1S/C30H32O16/c1-27-8-29(23(38)22(27)37,10-42-24(39)12-4-16(32)20(35)17(33)5-12)46-30(27,45-28-6-13-7-41-26(18(13)28)44-9-28)11-43-25(40)14-2-3-15(31)21(36)19(14)34/h2-4,7,12,17,20,22-23,31-38H,5-6,8-11H2,1H3/t12?,17?,20?,22-,23-,27?,28-,29?,30+/m0/s1. The second-order valence-electron chi connectivity index (χ2n) is 12.8. The van der Waals surface area contributed by atoms with Crippen molar-refractivity contribution in [1.82, 2.24) is 0 Å². The van der Waals surface area contributed by atoms with E-state index in [9.17, 15) is 50.4 Å². The summed E-state index contributed by atoms with van der Waals surface area (Å²) in [5.74, 6) is -8.14. The molecule has 2 fully saturated rings. The van der Waals surface area contributed by atoms with Gasteiger partial charge in [0.2, 0.25) is 11.5 Å². The SMILES string of the molecule is CC12CC(COC(=O)C3C=C(O)C(O)C(O)C3)(O[C@@]1(COC(=O)c1ccc(O)c(O)c1O)O[C@@]13COc4occ(c41)C3)[C@@H](O)[C@@H]2O. The lowest BCUT2D eigenvalue weighted by atomic mass is 9.74. The van der Waals surface area contributed by atoms with Gasteiger partial charge in [0.1, 0.15) is 54.6 Å². The van der Waals surface area contributed by atoms with Crippen LogP contribution in [0.1, 0.15) is 41.3 Å². The zero-order valence-electron chi connectivity index (χ0n) is 24.3. The maximum absolute atomic E-state index is 13.1. The Morgan fingerprint density at radius 2 is 1.76 bits per heavy atom. The minimum atomic E-state index is -2.02. The van der Waals surface area contributed by atoms with Crippen LogP contribution in [-0.4, -0.2) is 108 Å². The number of aromatic hydroxyl groups is 3. The summed E-state index contributed by atoms with van der Waals surface area (Å²) < 4.78 is 35.3. The molecule has 1 aromatic heterocycles. The summed E-state index contributed by atoms with van der Waals surface area (Å²) in [5.41, 5.74) is -3.55. The van der Waals surface area contributed by atoms with E-state index in [1.165, 1.54) is 13.2 Å². The van der Waals surface area contributed by atoms with Gasteiger partial charge in [-0.25, -0.2) is 4.79 Å². The Labute approximate surface area is 259 Å². The van der Waals surface area contributed by atoms with E-state index in [-0.39, 0.29) is 25.4 Å². The van der Waals surface area contributed by atoms with Crippen LogP contribution in [0, 0.1) is 11.3 Å². The highest BCUT2D eigenvalue weighted by Gasteiger charge is 2.79. The topological polar surface area (TPSA) is 255 Å². The number of phenolic OH excluding ortho intramolecular Hbond substituents is 3. The Bertz CT molecular complexity index is 1650. The van der Waals surface area contributed by atoms with Crippen LogP contribution in [0.15, 0.2) is 34.6 Å². The van der Waals surface area contributed by atoms with Gasteiger partial charge >= 0.3 is 11.9 Å². The fourth-order valence-corrected chi connectivity index (χ4v) is 7.41. The van der Waals surface area contributed by atoms with Crippen LogP contribution >= 0.6 is 0 Å². The molecule has 16 nitrogen and oxygen atoms in total. The Morgan fingerprint density at radius 1 is 1.00 bits per heavy atom. The average molecular weight is 649 g/mol. The number of rotatable bonds is 8. The highest BCUT2D eigenvalue weighted by atomic mass is 16.8. The molecule has 5 aliphatic rings. The van der Waals surface area contributed by atoms with E-state index >= 15 is 0 Å². The first-order chi connectivity index (χ1) is 21.7. The summed E-state index contributed by atoms with van der Waals surface area (Å²) in [5, 5.41) is 82.1. The highest BCUT2D eigenvalue weighted by Crippen LogP contribution is 2.66. The average Bonchev–Trinajstić information content (AvgIpc) is 3.64. The Balaban J connectivity index is 1.19. The molecule has 0 radical (unpaired) electrons. The summed E-state index contributed by atoms with van der Waals surface area (Å²) in [4.78, 5) is 26.1. The van der Waals surface area contributed by atoms with E-state index in [0.29, 0.717) is 12.0 Å². The molecule has 0 spiro atoms. The van der Waals surface area contributed by atoms with Crippen molar-refractivity contribution in [1.29, 1.82) is 0 Å². The van der Waals surface area contributed by atoms with Crippen LogP contribution in [0.5, 0.6) is 23.2 Å². The molecule has 5 unspecified atom stereocenters. The number of hydrogen-bond acceptors (Lipinski definition) is 16. The molecular formula is C30H32O16. The van der Waals surface area contributed by atoms with Crippen LogP contribution < -0.4 is 4.74 Å². The zero-order valence-corrected chi connectivity index (χ0v) is 24.3. The lowest BCUT2D eigenvalue weighted by Gasteiger charge is -2.52. The predicted octanol–water partition coefficient (Wildman–Crippen LogP) is -0.262. The number of ether oxygens (including phenoxy) is 5. The molecule has 3 heterocycles. The van der Waals surface area contributed by atoms with E-state index in [4.69, 9.17) is 28.1 Å². The van der Waals surface area contributed by atoms with E-state index in [0.717, 1.165) is 23.8 Å². The van der Waals surface area contributed by atoms with Crippen molar-refractivity contribution in [2.45, 2.75) is 67.6 Å². The Hall–Kier alpha value is -4.06. The number of carbonyl (C=O) groups excluding carboxylic acids is 2. The van der Waals surface area contributed by atoms with Gasteiger partial charge in [0.05, 0.1) is 35.4 Å². The Morgan fingerprint density at radius 3 is 2.50 bits per heavy atom. The first-order valence-corrected chi connectivity index (χ1v) is 14.5. The van der Waals surface area contributed by atoms with Crippen molar-refractivity contribution in [3.05, 3.63) is 46.9 Å². The number of benzene rings is 1. The molecule has 8 N–H and O–H groups in total. The monoisotopic (exact) mass is 648 g/mol. The molecular weight excluding hydrogens is 616 g/mol. The van der Waals surface area contributed by atoms with Gasteiger partial charge < -0.3 is 69.0 Å². The number of hydrogen-bond donors (Lipinski definition) is 8. The van der Waals surface area contributed by atoms with Gasteiger partial charge in [0.15, 0.2) is 11.5 Å². The largest absolute Gasteiger partial charge is 0.510 e. The maximum Gasteiger partial charge on any atom is 0.342 e. The number of carbonyl (C=O) groups is 2. The quantitative estimate of drug-likeness (QED) is 0.135. The summed E-state index contributed by atoms with van der Waals surface area (Å²) in [6, 6.07) is 2.00. The summed E-state index contributed by atoms with van der Waals surface area (Å²) in [6.07, 6.45) is -3.70. The van der Waals surface area contributed by atoms with Crippen molar-refractivity contribution < 1.29 is 78.5 Å². The van der Waals surface area contributed by atoms with Crippen LogP contribution in [0.2, 0.25) is 0 Å².